The number of ketones is 1. The molecule has 1 N–H and O–H groups in total. The standard InChI is InChI=1S/C16H21NO2/c1-4-5-12(8-11(2)18)15-10-17-16-7-6-13(19-3)9-14(15)16/h6-7,9-10,12,17H,4-5,8H2,1-3H3/t12-/m0/s1. The Balaban J connectivity index is 2.43. The fraction of sp³-hybridized carbons (Fsp3) is 0.438. The first-order valence-electron chi connectivity index (χ1n) is 6.80. The molecule has 2 aromatic rings. The Hall–Kier alpha value is -1.77. The lowest BCUT2D eigenvalue weighted by atomic mass is 9.90. The van der Waals surface area contributed by atoms with E-state index in [1.54, 1.807) is 14.0 Å². The quantitative estimate of drug-likeness (QED) is 0.850. The highest BCUT2D eigenvalue weighted by atomic mass is 16.5. The molecule has 102 valence electrons. The molecule has 0 unspecified atom stereocenters. The van der Waals surface area contributed by atoms with Crippen LogP contribution in [-0.2, 0) is 4.79 Å². The first-order valence-corrected chi connectivity index (χ1v) is 6.80. The molecule has 0 radical (unpaired) electrons. The van der Waals surface area contributed by atoms with Gasteiger partial charge in [0.1, 0.15) is 11.5 Å². The largest absolute Gasteiger partial charge is 0.497 e. The summed E-state index contributed by atoms with van der Waals surface area (Å²) in [4.78, 5) is 14.7. The molecular weight excluding hydrogens is 238 g/mol. The van der Waals surface area contributed by atoms with Gasteiger partial charge in [-0.15, -0.1) is 0 Å². The molecule has 1 heterocycles. The minimum Gasteiger partial charge on any atom is -0.497 e. The molecule has 1 atom stereocenters. The molecule has 1 aromatic carbocycles. The van der Waals surface area contributed by atoms with Gasteiger partial charge in [0.25, 0.3) is 0 Å². The number of carbonyl (C=O) groups is 1. The van der Waals surface area contributed by atoms with Crippen molar-refractivity contribution in [3.05, 3.63) is 30.0 Å². The van der Waals surface area contributed by atoms with Crippen molar-refractivity contribution in [2.45, 2.75) is 39.0 Å². The number of methoxy groups -OCH3 is 1. The van der Waals surface area contributed by atoms with Gasteiger partial charge < -0.3 is 14.5 Å². The maximum Gasteiger partial charge on any atom is 0.130 e. The summed E-state index contributed by atoms with van der Waals surface area (Å²) in [5.74, 6) is 1.39. The van der Waals surface area contributed by atoms with Gasteiger partial charge in [-0.25, -0.2) is 0 Å². The lowest BCUT2D eigenvalue weighted by Gasteiger charge is -2.14. The summed E-state index contributed by atoms with van der Waals surface area (Å²) >= 11 is 0. The zero-order chi connectivity index (χ0) is 13.8. The van der Waals surface area contributed by atoms with Gasteiger partial charge in [-0.05, 0) is 43.0 Å². The van der Waals surface area contributed by atoms with E-state index >= 15 is 0 Å². The van der Waals surface area contributed by atoms with Crippen LogP contribution in [0.5, 0.6) is 5.75 Å². The number of aromatic nitrogens is 1. The van der Waals surface area contributed by atoms with Gasteiger partial charge in [0, 0.05) is 23.5 Å². The number of hydrogen-bond donors (Lipinski definition) is 1. The van der Waals surface area contributed by atoms with Crippen LogP contribution in [0.1, 0.15) is 44.6 Å². The molecule has 0 saturated carbocycles. The van der Waals surface area contributed by atoms with Gasteiger partial charge in [0.2, 0.25) is 0 Å². The molecule has 1 aromatic heterocycles. The second kappa shape index (κ2) is 5.91. The van der Waals surface area contributed by atoms with Gasteiger partial charge in [-0.3, -0.25) is 0 Å². The molecule has 19 heavy (non-hydrogen) atoms. The monoisotopic (exact) mass is 259 g/mol. The highest BCUT2D eigenvalue weighted by Gasteiger charge is 2.17. The van der Waals surface area contributed by atoms with Gasteiger partial charge in [-0.2, -0.15) is 0 Å². The predicted molar refractivity (Wildman–Crippen MR) is 77.8 cm³/mol. The van der Waals surface area contributed by atoms with Crippen LogP contribution in [0.4, 0.5) is 0 Å². The zero-order valence-corrected chi connectivity index (χ0v) is 11.8. The first kappa shape index (κ1) is 13.7. The van der Waals surface area contributed by atoms with Crippen molar-refractivity contribution >= 4 is 16.7 Å². The Labute approximate surface area is 114 Å². The summed E-state index contributed by atoms with van der Waals surface area (Å²) in [5.41, 5.74) is 2.33. The molecule has 0 aliphatic heterocycles. The van der Waals surface area contributed by atoms with E-state index in [0.29, 0.717) is 12.3 Å². The molecule has 0 aliphatic rings. The fourth-order valence-corrected chi connectivity index (χ4v) is 2.65. The Morgan fingerprint density at radius 2 is 2.21 bits per heavy atom. The summed E-state index contributed by atoms with van der Waals surface area (Å²) in [6, 6.07) is 6.01. The second-order valence-corrected chi connectivity index (χ2v) is 5.05. The van der Waals surface area contributed by atoms with Crippen molar-refractivity contribution in [3.8, 4) is 5.75 Å². The average Bonchev–Trinajstić information content (AvgIpc) is 2.80. The van der Waals surface area contributed by atoms with E-state index in [-0.39, 0.29) is 5.78 Å². The van der Waals surface area contributed by atoms with Crippen LogP contribution in [0.15, 0.2) is 24.4 Å². The first-order chi connectivity index (χ1) is 9.15. The molecular formula is C16H21NO2. The summed E-state index contributed by atoms with van der Waals surface area (Å²) < 4.78 is 5.29. The van der Waals surface area contributed by atoms with Gasteiger partial charge in [0.15, 0.2) is 0 Å². The molecule has 0 aliphatic carbocycles. The predicted octanol–water partition coefficient (Wildman–Crippen LogP) is 4.04. The van der Waals surface area contributed by atoms with Crippen LogP contribution >= 0.6 is 0 Å². The van der Waals surface area contributed by atoms with E-state index in [2.05, 4.69) is 11.9 Å². The minimum absolute atomic E-state index is 0.246. The summed E-state index contributed by atoms with van der Waals surface area (Å²) in [5, 5.41) is 1.17. The second-order valence-electron chi connectivity index (χ2n) is 5.05. The van der Waals surface area contributed by atoms with E-state index < -0.39 is 0 Å². The van der Waals surface area contributed by atoms with Crippen molar-refractivity contribution in [1.29, 1.82) is 0 Å². The van der Waals surface area contributed by atoms with Crippen LogP contribution in [0.25, 0.3) is 10.9 Å². The van der Waals surface area contributed by atoms with Crippen molar-refractivity contribution in [3.63, 3.8) is 0 Å². The molecule has 0 fully saturated rings. The third-order valence-corrected chi connectivity index (χ3v) is 3.53. The third kappa shape index (κ3) is 2.98. The van der Waals surface area contributed by atoms with Gasteiger partial charge in [-0.1, -0.05) is 13.3 Å². The highest BCUT2D eigenvalue weighted by Crippen LogP contribution is 2.33. The highest BCUT2D eigenvalue weighted by molar-refractivity contribution is 5.86. The van der Waals surface area contributed by atoms with Gasteiger partial charge in [0.05, 0.1) is 7.11 Å². The number of rotatable bonds is 6. The van der Waals surface area contributed by atoms with Gasteiger partial charge >= 0.3 is 0 Å². The lowest BCUT2D eigenvalue weighted by molar-refractivity contribution is -0.117. The number of Topliss-reactive ketones (excluding diaryl/α,β-unsaturated/α-hetero) is 1. The number of nitrogens with one attached hydrogen (secondary N) is 1. The number of hydrogen-bond acceptors (Lipinski definition) is 2. The van der Waals surface area contributed by atoms with E-state index in [9.17, 15) is 4.79 Å². The smallest absolute Gasteiger partial charge is 0.130 e. The van der Waals surface area contributed by atoms with E-state index in [1.165, 1.54) is 10.9 Å². The summed E-state index contributed by atoms with van der Waals surface area (Å²) in [7, 11) is 1.67. The van der Waals surface area contributed by atoms with Crippen LogP contribution < -0.4 is 4.74 Å². The normalized spacial score (nSPS) is 12.6. The van der Waals surface area contributed by atoms with Crippen molar-refractivity contribution in [2.24, 2.45) is 0 Å². The van der Waals surface area contributed by atoms with Crippen LogP contribution in [0, 0.1) is 0 Å². The zero-order valence-electron chi connectivity index (χ0n) is 11.8. The van der Waals surface area contributed by atoms with E-state index in [0.717, 1.165) is 24.1 Å². The molecule has 0 spiro atoms. The number of benzene rings is 1. The molecule has 3 heteroatoms. The topological polar surface area (TPSA) is 42.1 Å². The van der Waals surface area contributed by atoms with Crippen molar-refractivity contribution < 1.29 is 9.53 Å². The Kier molecular flexibility index (Phi) is 4.25. The number of fused-ring (bicyclic) bond motifs is 1. The van der Waals surface area contributed by atoms with Crippen molar-refractivity contribution in [2.75, 3.05) is 7.11 Å². The third-order valence-electron chi connectivity index (χ3n) is 3.53. The molecule has 3 nitrogen and oxygen atoms in total. The molecule has 2 rings (SSSR count). The number of H-pyrrole nitrogens is 1. The number of aromatic amines is 1. The maximum atomic E-state index is 11.4. The maximum absolute atomic E-state index is 11.4. The van der Waals surface area contributed by atoms with E-state index in [4.69, 9.17) is 4.74 Å². The lowest BCUT2D eigenvalue weighted by Crippen LogP contribution is -2.03. The number of carbonyl (C=O) groups excluding carboxylic acids is 1. The Morgan fingerprint density at radius 3 is 2.84 bits per heavy atom. The molecule has 0 amide bonds. The fourth-order valence-electron chi connectivity index (χ4n) is 2.65. The van der Waals surface area contributed by atoms with Crippen LogP contribution in [-0.4, -0.2) is 17.9 Å². The van der Waals surface area contributed by atoms with Crippen LogP contribution in [0.3, 0.4) is 0 Å². The summed E-state index contributed by atoms with van der Waals surface area (Å²) in [6.07, 6.45) is 4.75. The number of ether oxygens (including phenoxy) is 1. The Morgan fingerprint density at radius 1 is 1.42 bits per heavy atom. The average molecular weight is 259 g/mol. The summed E-state index contributed by atoms with van der Waals surface area (Å²) in [6.45, 7) is 3.82. The minimum atomic E-state index is 0.246. The molecule has 0 bridgehead atoms. The Bertz CT molecular complexity index is 571. The van der Waals surface area contributed by atoms with Crippen molar-refractivity contribution in [1.82, 2.24) is 4.98 Å². The molecule has 0 saturated heterocycles. The van der Waals surface area contributed by atoms with Crippen LogP contribution in [0.2, 0.25) is 0 Å². The van der Waals surface area contributed by atoms with E-state index in [1.807, 2.05) is 24.4 Å². The SMILES string of the molecule is CCC[C@@H](CC(C)=O)c1c[nH]c2ccc(OC)cc12.